The van der Waals surface area contributed by atoms with Crippen molar-refractivity contribution in [1.29, 1.82) is 0 Å². The zero-order valence-electron chi connectivity index (χ0n) is 14.7. The van der Waals surface area contributed by atoms with Crippen molar-refractivity contribution in [3.8, 4) is 5.75 Å². The first-order valence-corrected chi connectivity index (χ1v) is 8.63. The van der Waals surface area contributed by atoms with Gasteiger partial charge < -0.3 is 34.7 Å². The number of benzene rings is 1. The molecule has 0 saturated carbocycles. The maximum absolute atomic E-state index is 12.2. The third-order valence-electron chi connectivity index (χ3n) is 4.55. The van der Waals surface area contributed by atoms with Crippen molar-refractivity contribution in [3.05, 3.63) is 29.8 Å². The number of aliphatic hydroxyl groups excluding tert-OH is 1. The Morgan fingerprint density at radius 1 is 1.19 bits per heavy atom. The Morgan fingerprint density at radius 2 is 1.93 bits per heavy atom. The molecule has 5 atom stereocenters. The molecule has 2 saturated heterocycles. The van der Waals surface area contributed by atoms with E-state index in [2.05, 4.69) is 15.4 Å². The Balaban J connectivity index is 1.56. The quantitative estimate of drug-likeness (QED) is 0.564. The van der Waals surface area contributed by atoms with Crippen molar-refractivity contribution in [3.63, 3.8) is 0 Å². The Kier molecular flexibility index (Phi) is 6.56. The van der Waals surface area contributed by atoms with Crippen LogP contribution in [0.25, 0.3) is 0 Å². The van der Waals surface area contributed by atoms with Gasteiger partial charge in [-0.15, -0.1) is 13.2 Å². The SMILES string of the molecule is COCCN[C@H]1[C@@H]2OC[C@@H](O2)[C@@H](NCc2ccc(OC(F)(F)F)cc2)[C@@H]1O. The summed E-state index contributed by atoms with van der Waals surface area (Å²) in [6.07, 6.45) is -6.27. The molecular weight excluding hydrogens is 369 g/mol. The van der Waals surface area contributed by atoms with Gasteiger partial charge in [-0.2, -0.15) is 0 Å². The maximum atomic E-state index is 12.2. The minimum Gasteiger partial charge on any atom is -0.406 e. The fourth-order valence-electron chi connectivity index (χ4n) is 3.26. The summed E-state index contributed by atoms with van der Waals surface area (Å²) < 4.78 is 56.9. The van der Waals surface area contributed by atoms with Crippen LogP contribution in [-0.4, -0.2) is 68.9 Å². The lowest BCUT2D eigenvalue weighted by atomic mass is 9.95. The molecule has 7 nitrogen and oxygen atoms in total. The van der Waals surface area contributed by atoms with E-state index >= 15 is 0 Å². The number of methoxy groups -OCH3 is 1. The molecule has 1 aromatic rings. The number of aliphatic hydroxyl groups is 1. The largest absolute Gasteiger partial charge is 0.573 e. The fraction of sp³-hybridized carbons (Fsp3) is 0.647. The Hall–Kier alpha value is -1.43. The third kappa shape index (κ3) is 5.31. The number of hydrogen-bond acceptors (Lipinski definition) is 7. The minimum atomic E-state index is -4.72. The molecule has 0 spiro atoms. The maximum Gasteiger partial charge on any atom is 0.573 e. The van der Waals surface area contributed by atoms with Crippen molar-refractivity contribution >= 4 is 0 Å². The van der Waals surface area contributed by atoms with E-state index in [9.17, 15) is 18.3 Å². The van der Waals surface area contributed by atoms with Gasteiger partial charge in [0.15, 0.2) is 6.29 Å². The van der Waals surface area contributed by atoms with Gasteiger partial charge in [-0.1, -0.05) is 12.1 Å². The Bertz CT molecular complexity index is 601. The molecule has 2 aliphatic heterocycles. The highest BCUT2D eigenvalue weighted by Gasteiger charge is 2.49. The predicted molar refractivity (Wildman–Crippen MR) is 88.0 cm³/mol. The molecule has 0 radical (unpaired) electrons. The van der Waals surface area contributed by atoms with Crippen LogP contribution in [0.3, 0.4) is 0 Å². The lowest BCUT2D eigenvalue weighted by Gasteiger charge is -2.39. The van der Waals surface area contributed by atoms with Gasteiger partial charge in [0, 0.05) is 20.2 Å². The van der Waals surface area contributed by atoms with Crippen molar-refractivity contribution in [2.75, 3.05) is 26.9 Å². The summed E-state index contributed by atoms with van der Waals surface area (Å²) in [5.74, 6) is -0.276. The number of ether oxygens (including phenoxy) is 4. The van der Waals surface area contributed by atoms with Crippen molar-refractivity contribution in [2.24, 2.45) is 0 Å². The van der Waals surface area contributed by atoms with E-state index in [1.807, 2.05) is 0 Å². The van der Waals surface area contributed by atoms with E-state index in [4.69, 9.17) is 14.2 Å². The van der Waals surface area contributed by atoms with Crippen LogP contribution in [0.5, 0.6) is 5.75 Å². The van der Waals surface area contributed by atoms with E-state index in [0.29, 0.717) is 26.3 Å². The monoisotopic (exact) mass is 392 g/mol. The van der Waals surface area contributed by atoms with Gasteiger partial charge in [0.2, 0.25) is 0 Å². The minimum absolute atomic E-state index is 0.276. The lowest BCUT2D eigenvalue weighted by Crippen LogP contribution is -2.63. The van der Waals surface area contributed by atoms with Gasteiger partial charge >= 0.3 is 6.36 Å². The summed E-state index contributed by atoms with van der Waals surface area (Å²) in [6.45, 7) is 1.74. The van der Waals surface area contributed by atoms with Crippen LogP contribution in [0, 0.1) is 0 Å². The van der Waals surface area contributed by atoms with E-state index in [1.54, 1.807) is 7.11 Å². The van der Waals surface area contributed by atoms with E-state index in [1.165, 1.54) is 24.3 Å². The van der Waals surface area contributed by atoms with E-state index in [-0.39, 0.29) is 17.9 Å². The van der Waals surface area contributed by atoms with Crippen LogP contribution in [-0.2, 0) is 20.8 Å². The summed E-state index contributed by atoms with van der Waals surface area (Å²) in [5, 5.41) is 17.1. The molecule has 0 unspecified atom stereocenters. The molecule has 0 amide bonds. The molecule has 27 heavy (non-hydrogen) atoms. The van der Waals surface area contributed by atoms with Gasteiger partial charge in [0.05, 0.1) is 31.4 Å². The topological polar surface area (TPSA) is 81.2 Å². The van der Waals surface area contributed by atoms with Crippen LogP contribution in [0.4, 0.5) is 13.2 Å². The molecule has 3 N–H and O–H groups in total. The fourth-order valence-corrected chi connectivity index (χ4v) is 3.26. The molecule has 2 bridgehead atoms. The summed E-state index contributed by atoms with van der Waals surface area (Å²) in [7, 11) is 1.59. The first-order chi connectivity index (χ1) is 12.9. The highest BCUT2D eigenvalue weighted by Crippen LogP contribution is 2.28. The van der Waals surface area contributed by atoms with Crippen LogP contribution in [0.15, 0.2) is 24.3 Å². The smallest absolute Gasteiger partial charge is 0.406 e. The Morgan fingerprint density at radius 3 is 2.59 bits per heavy atom. The van der Waals surface area contributed by atoms with Crippen LogP contribution in [0.2, 0.25) is 0 Å². The average Bonchev–Trinajstić information content (AvgIpc) is 3.04. The zero-order valence-corrected chi connectivity index (χ0v) is 14.7. The molecule has 0 aromatic heterocycles. The average molecular weight is 392 g/mol. The van der Waals surface area contributed by atoms with E-state index in [0.717, 1.165) is 5.56 Å². The lowest BCUT2D eigenvalue weighted by molar-refractivity contribution is -0.274. The zero-order chi connectivity index (χ0) is 19.4. The molecule has 2 aliphatic rings. The molecule has 152 valence electrons. The van der Waals surface area contributed by atoms with E-state index < -0.39 is 24.8 Å². The second kappa shape index (κ2) is 8.72. The first-order valence-electron chi connectivity index (χ1n) is 8.63. The molecule has 0 aliphatic carbocycles. The summed E-state index contributed by atoms with van der Waals surface area (Å²) in [6, 6.07) is 4.79. The number of rotatable bonds is 8. The first kappa shape index (κ1) is 20.3. The predicted octanol–water partition coefficient (Wildman–Crippen LogP) is 0.764. The van der Waals surface area contributed by atoms with Crippen molar-refractivity contribution < 1.29 is 37.2 Å². The van der Waals surface area contributed by atoms with Crippen LogP contribution >= 0.6 is 0 Å². The molecular formula is C17H23F3N2O5. The highest BCUT2D eigenvalue weighted by molar-refractivity contribution is 5.27. The molecule has 1 aromatic carbocycles. The summed E-state index contributed by atoms with van der Waals surface area (Å²) in [5.41, 5.74) is 0.752. The summed E-state index contributed by atoms with van der Waals surface area (Å²) in [4.78, 5) is 0. The summed E-state index contributed by atoms with van der Waals surface area (Å²) >= 11 is 0. The number of alkyl halides is 3. The molecule has 2 fully saturated rings. The number of nitrogens with one attached hydrogen (secondary N) is 2. The standard InChI is InChI=1S/C17H23F3N2O5/c1-24-7-6-21-14-15(23)13(12-9-25-16(14)26-12)22-8-10-2-4-11(5-3-10)27-17(18,19)20/h2-5,12-16,21-23H,6-9H2,1H3/t12-,13-,14-,15+,16-/m1/s1. The number of fused-ring (bicyclic) bond motifs is 2. The molecule has 10 heteroatoms. The highest BCUT2D eigenvalue weighted by atomic mass is 19.4. The van der Waals surface area contributed by atoms with Gasteiger partial charge in [0.1, 0.15) is 11.9 Å². The van der Waals surface area contributed by atoms with Crippen LogP contribution in [0.1, 0.15) is 5.56 Å². The number of hydrogen-bond donors (Lipinski definition) is 3. The van der Waals surface area contributed by atoms with Crippen molar-refractivity contribution in [1.82, 2.24) is 10.6 Å². The van der Waals surface area contributed by atoms with Crippen molar-refractivity contribution in [2.45, 2.75) is 43.5 Å². The van der Waals surface area contributed by atoms with Gasteiger partial charge in [0.25, 0.3) is 0 Å². The second-order valence-corrected chi connectivity index (χ2v) is 6.44. The molecule has 3 rings (SSSR count). The second-order valence-electron chi connectivity index (χ2n) is 6.44. The van der Waals surface area contributed by atoms with Gasteiger partial charge in [-0.25, -0.2) is 0 Å². The van der Waals surface area contributed by atoms with Gasteiger partial charge in [-0.3, -0.25) is 0 Å². The van der Waals surface area contributed by atoms with Crippen LogP contribution < -0.4 is 15.4 Å². The molecule has 2 heterocycles. The number of halogens is 3. The Labute approximate surface area is 154 Å². The van der Waals surface area contributed by atoms with Gasteiger partial charge in [-0.05, 0) is 17.7 Å². The third-order valence-corrected chi connectivity index (χ3v) is 4.55. The normalized spacial score (nSPS) is 30.5.